The third kappa shape index (κ3) is 7.74. The fraction of sp³-hybridized carbons (Fsp3) is 0.462. The van der Waals surface area contributed by atoms with Gasteiger partial charge in [-0.05, 0) is 24.3 Å². The number of hydrogen-bond acceptors (Lipinski definition) is 14. The number of hydrogen-bond donors (Lipinski definition) is 0. The van der Waals surface area contributed by atoms with Gasteiger partial charge in [0.05, 0.1) is 19.1 Å². The molecular formula is C26H29NO12S2. The van der Waals surface area contributed by atoms with E-state index in [1.54, 1.807) is 24.3 Å². The molecule has 15 heteroatoms. The van der Waals surface area contributed by atoms with E-state index in [4.69, 9.17) is 45.4 Å². The summed E-state index contributed by atoms with van der Waals surface area (Å²) >= 11 is 6.45. The first kappa shape index (κ1) is 31.8. The third-order valence-corrected chi connectivity index (χ3v) is 7.10. The maximum atomic E-state index is 13.7. The molecule has 5 atom stereocenters. The Balaban J connectivity index is 2.08. The maximum Gasteiger partial charge on any atom is 0.303 e. The number of methoxy groups -OCH3 is 2. The Bertz CT molecular complexity index is 1260. The van der Waals surface area contributed by atoms with E-state index in [1.165, 1.54) is 14.2 Å². The van der Waals surface area contributed by atoms with Crippen LogP contribution in [0.25, 0.3) is 6.08 Å². The number of nitrogens with zero attached hydrogens (tertiary/aromatic N) is 1. The van der Waals surface area contributed by atoms with Crippen molar-refractivity contribution < 1.29 is 57.1 Å². The molecule has 13 nitrogen and oxygen atoms in total. The first-order chi connectivity index (χ1) is 19.4. The van der Waals surface area contributed by atoms with Gasteiger partial charge in [0.25, 0.3) is 5.91 Å². The molecule has 0 aromatic heterocycles. The van der Waals surface area contributed by atoms with Crippen LogP contribution < -0.4 is 9.47 Å². The molecule has 0 unspecified atom stereocenters. The Kier molecular flexibility index (Phi) is 10.7. The molecule has 2 saturated heterocycles. The molecule has 2 heterocycles. The van der Waals surface area contributed by atoms with Gasteiger partial charge in [-0.15, -0.1) is 0 Å². The van der Waals surface area contributed by atoms with Crippen LogP contribution in [0, 0.1) is 0 Å². The summed E-state index contributed by atoms with van der Waals surface area (Å²) in [6, 6.07) is 5.03. The Morgan fingerprint density at radius 3 is 2.10 bits per heavy atom. The molecule has 222 valence electrons. The molecule has 0 aliphatic carbocycles. The molecule has 0 radical (unpaired) electrons. The van der Waals surface area contributed by atoms with Crippen molar-refractivity contribution in [3.8, 4) is 11.5 Å². The van der Waals surface area contributed by atoms with Crippen molar-refractivity contribution in [3.63, 3.8) is 0 Å². The average molecular weight is 612 g/mol. The van der Waals surface area contributed by atoms with E-state index in [2.05, 4.69) is 0 Å². The Morgan fingerprint density at radius 2 is 1.54 bits per heavy atom. The predicted molar refractivity (Wildman–Crippen MR) is 147 cm³/mol. The van der Waals surface area contributed by atoms with Gasteiger partial charge < -0.3 is 33.2 Å². The minimum absolute atomic E-state index is 0.0315. The zero-order valence-corrected chi connectivity index (χ0v) is 24.7. The topological polar surface area (TPSA) is 153 Å². The lowest BCUT2D eigenvalue weighted by Gasteiger charge is -2.46. The zero-order valence-electron chi connectivity index (χ0n) is 23.1. The summed E-state index contributed by atoms with van der Waals surface area (Å²) in [6.07, 6.45) is -5.45. The molecule has 0 spiro atoms. The van der Waals surface area contributed by atoms with Gasteiger partial charge in [-0.25, -0.2) is 0 Å². The number of thiocarbonyl (C=S) groups is 1. The van der Waals surface area contributed by atoms with Crippen LogP contribution in [0.5, 0.6) is 11.5 Å². The second-order valence-electron chi connectivity index (χ2n) is 8.75. The van der Waals surface area contributed by atoms with Crippen molar-refractivity contribution in [2.45, 2.75) is 58.3 Å². The molecule has 1 aromatic rings. The van der Waals surface area contributed by atoms with Crippen LogP contribution in [0.15, 0.2) is 23.1 Å². The minimum Gasteiger partial charge on any atom is -0.497 e. The third-order valence-electron chi connectivity index (χ3n) is 5.77. The predicted octanol–water partition coefficient (Wildman–Crippen LogP) is 1.99. The van der Waals surface area contributed by atoms with Crippen LogP contribution in [0.1, 0.15) is 33.3 Å². The highest BCUT2D eigenvalue weighted by molar-refractivity contribution is 8.26. The first-order valence-electron chi connectivity index (χ1n) is 12.2. The molecule has 3 rings (SSSR count). The normalized spacial score (nSPS) is 25.0. The van der Waals surface area contributed by atoms with Crippen molar-refractivity contribution >= 4 is 64.2 Å². The van der Waals surface area contributed by atoms with Crippen LogP contribution in [-0.4, -0.2) is 90.5 Å². The molecule has 1 aromatic carbocycles. The lowest BCUT2D eigenvalue weighted by Crippen LogP contribution is -2.66. The van der Waals surface area contributed by atoms with Crippen molar-refractivity contribution in [1.29, 1.82) is 0 Å². The fourth-order valence-electron chi connectivity index (χ4n) is 4.21. The average Bonchev–Trinajstić information content (AvgIpc) is 3.16. The van der Waals surface area contributed by atoms with E-state index >= 15 is 0 Å². The molecule has 1 amide bonds. The van der Waals surface area contributed by atoms with E-state index < -0.39 is 67.0 Å². The summed E-state index contributed by atoms with van der Waals surface area (Å²) in [5.41, 5.74) is 0.522. The van der Waals surface area contributed by atoms with Gasteiger partial charge in [-0.2, -0.15) is 0 Å². The standard InChI is InChI=1S/C26H29NO12S2/c1-12(28)35-11-19-21(36-13(2)29)22(37-14(3)30)23(38-15(4)31)25(39-19)27-24(32)20(41-26(27)40)10-16-9-17(33-5)7-8-18(16)34-6/h7-10,19,21-23,25H,11H2,1-6H3/t19-,21-,22+,23-,25-/m1/s1. The van der Waals surface area contributed by atoms with Gasteiger partial charge in [0, 0.05) is 33.3 Å². The van der Waals surface area contributed by atoms with Crippen molar-refractivity contribution in [2.24, 2.45) is 0 Å². The molecule has 0 saturated carbocycles. The van der Waals surface area contributed by atoms with Gasteiger partial charge >= 0.3 is 23.9 Å². The highest BCUT2D eigenvalue weighted by Gasteiger charge is 2.56. The summed E-state index contributed by atoms with van der Waals surface area (Å²) in [7, 11) is 2.97. The molecule has 0 bridgehead atoms. The van der Waals surface area contributed by atoms with Gasteiger partial charge in [0.1, 0.15) is 24.2 Å². The molecule has 2 aliphatic rings. The molecule has 0 N–H and O–H groups in total. The number of rotatable bonds is 9. The van der Waals surface area contributed by atoms with Gasteiger partial charge in [0.2, 0.25) is 0 Å². The number of carbonyl (C=O) groups excluding carboxylic acids is 5. The van der Waals surface area contributed by atoms with Gasteiger partial charge in [-0.3, -0.25) is 28.9 Å². The molecule has 2 aliphatic heterocycles. The van der Waals surface area contributed by atoms with E-state index in [-0.39, 0.29) is 9.23 Å². The van der Waals surface area contributed by atoms with Crippen molar-refractivity contribution in [1.82, 2.24) is 4.90 Å². The maximum absolute atomic E-state index is 13.7. The summed E-state index contributed by atoms with van der Waals surface area (Å²) < 4.78 is 38.2. The molecule has 2 fully saturated rings. The number of carbonyl (C=O) groups is 5. The number of amides is 1. The summed E-state index contributed by atoms with van der Waals surface area (Å²) in [5, 5.41) is 0. The lowest BCUT2D eigenvalue weighted by atomic mass is 9.96. The van der Waals surface area contributed by atoms with E-state index in [1.807, 2.05) is 0 Å². The smallest absolute Gasteiger partial charge is 0.303 e. The van der Waals surface area contributed by atoms with Crippen molar-refractivity contribution in [3.05, 3.63) is 28.7 Å². The SMILES string of the molecule is COc1ccc(OC)c(C=C2SC(=S)N([C@@H]3O[C@H](COC(C)=O)[C@@H](OC(C)=O)[C@H](OC(C)=O)[C@H]3OC(C)=O)C2=O)c1. The van der Waals surface area contributed by atoms with E-state index in [0.29, 0.717) is 17.1 Å². The quantitative estimate of drug-likeness (QED) is 0.173. The van der Waals surface area contributed by atoms with Crippen LogP contribution in [-0.2, 0) is 47.7 Å². The Hall–Kier alpha value is -3.69. The monoisotopic (exact) mass is 611 g/mol. The summed E-state index contributed by atoms with van der Waals surface area (Å²) in [5.74, 6) is -2.68. The first-order valence-corrected chi connectivity index (χ1v) is 13.4. The van der Waals surface area contributed by atoms with Crippen LogP contribution in [0.3, 0.4) is 0 Å². The minimum atomic E-state index is -1.48. The van der Waals surface area contributed by atoms with Crippen LogP contribution >= 0.6 is 24.0 Å². The van der Waals surface area contributed by atoms with Gasteiger partial charge in [-0.1, -0.05) is 24.0 Å². The van der Waals surface area contributed by atoms with E-state index in [0.717, 1.165) is 44.4 Å². The summed E-state index contributed by atoms with van der Waals surface area (Å²) in [4.78, 5) is 62.8. The largest absolute Gasteiger partial charge is 0.497 e. The second kappa shape index (κ2) is 13.8. The number of benzene rings is 1. The summed E-state index contributed by atoms with van der Waals surface area (Å²) in [6.45, 7) is 4.03. The Morgan fingerprint density at radius 1 is 0.927 bits per heavy atom. The second-order valence-corrected chi connectivity index (χ2v) is 10.4. The lowest BCUT2D eigenvalue weighted by molar-refractivity contribution is -0.268. The number of esters is 4. The fourth-order valence-corrected chi connectivity index (χ4v) is 5.51. The highest BCUT2D eigenvalue weighted by atomic mass is 32.2. The zero-order chi connectivity index (χ0) is 30.4. The van der Waals surface area contributed by atoms with Crippen LogP contribution in [0.2, 0.25) is 0 Å². The molecular weight excluding hydrogens is 582 g/mol. The number of ether oxygens (including phenoxy) is 7. The van der Waals surface area contributed by atoms with E-state index in [9.17, 15) is 24.0 Å². The number of thioether (sulfide) groups is 1. The van der Waals surface area contributed by atoms with Crippen molar-refractivity contribution in [2.75, 3.05) is 20.8 Å². The van der Waals surface area contributed by atoms with Gasteiger partial charge in [0.15, 0.2) is 28.9 Å². The molecule has 41 heavy (non-hydrogen) atoms. The highest BCUT2D eigenvalue weighted by Crippen LogP contribution is 2.40. The Labute approximate surface area is 245 Å². The van der Waals surface area contributed by atoms with Crippen LogP contribution in [0.4, 0.5) is 0 Å².